The van der Waals surface area contributed by atoms with Gasteiger partial charge in [0.25, 0.3) is 0 Å². The van der Waals surface area contributed by atoms with Crippen LogP contribution in [0.15, 0.2) is 23.1 Å². The van der Waals surface area contributed by atoms with Crippen molar-refractivity contribution in [2.75, 3.05) is 12.9 Å². The van der Waals surface area contributed by atoms with Crippen LogP contribution in [0.25, 0.3) is 0 Å². The van der Waals surface area contributed by atoms with Crippen molar-refractivity contribution in [1.82, 2.24) is 4.72 Å². The van der Waals surface area contributed by atoms with Crippen molar-refractivity contribution < 1.29 is 13.5 Å². The Kier molecular flexibility index (Phi) is 5.85. The van der Waals surface area contributed by atoms with Crippen LogP contribution < -0.4 is 4.72 Å². The van der Waals surface area contributed by atoms with Crippen LogP contribution in [0, 0.1) is 13.8 Å². The smallest absolute Gasteiger partial charge is 0.240 e. The van der Waals surface area contributed by atoms with Gasteiger partial charge in [0, 0.05) is 11.3 Å². The molecule has 0 aromatic heterocycles. The van der Waals surface area contributed by atoms with Crippen molar-refractivity contribution in [3.8, 4) is 0 Å². The first-order valence-electron chi connectivity index (χ1n) is 6.04. The van der Waals surface area contributed by atoms with E-state index in [1.54, 1.807) is 19.1 Å². The fourth-order valence-corrected chi connectivity index (χ4v) is 4.10. The van der Waals surface area contributed by atoms with E-state index < -0.39 is 10.0 Å². The predicted octanol–water partition coefficient (Wildman–Crippen LogP) is 1.69. The molecular weight excluding hydrogens is 282 g/mol. The van der Waals surface area contributed by atoms with Gasteiger partial charge in [0.1, 0.15) is 0 Å². The molecule has 0 heterocycles. The third kappa shape index (κ3) is 4.49. The van der Waals surface area contributed by atoms with Gasteiger partial charge in [-0.15, -0.1) is 0 Å². The van der Waals surface area contributed by atoms with Crippen LogP contribution in [-0.2, 0) is 10.0 Å². The summed E-state index contributed by atoms with van der Waals surface area (Å²) in [7, 11) is -3.54. The zero-order valence-corrected chi connectivity index (χ0v) is 13.3. The Morgan fingerprint density at radius 2 is 1.79 bits per heavy atom. The third-order valence-corrected chi connectivity index (χ3v) is 5.59. The Hall–Kier alpha value is -0.560. The topological polar surface area (TPSA) is 66.4 Å². The number of thioether (sulfide) groups is 1. The molecule has 0 bridgehead atoms. The Labute approximate surface area is 119 Å². The highest BCUT2D eigenvalue weighted by molar-refractivity contribution is 7.99. The molecule has 0 aliphatic heterocycles. The number of hydrogen-bond donors (Lipinski definition) is 2. The molecule has 108 valence electrons. The maximum absolute atomic E-state index is 12.3. The van der Waals surface area contributed by atoms with Crippen LogP contribution in [0.5, 0.6) is 0 Å². The summed E-state index contributed by atoms with van der Waals surface area (Å²) in [4.78, 5) is 0.273. The highest BCUT2D eigenvalue weighted by Crippen LogP contribution is 2.17. The maximum atomic E-state index is 12.3. The van der Waals surface area contributed by atoms with E-state index >= 15 is 0 Å². The van der Waals surface area contributed by atoms with Crippen molar-refractivity contribution in [2.24, 2.45) is 0 Å². The molecule has 6 heteroatoms. The Morgan fingerprint density at radius 3 is 2.21 bits per heavy atom. The Bertz CT molecular complexity index is 504. The standard InChI is InChI=1S/C13H21NO3S2/c1-9-5-10(2)7-12(6-9)19(16,17)14-11(3)13(8-15)18-4/h5-7,11,13-15H,8H2,1-4H3. The summed E-state index contributed by atoms with van der Waals surface area (Å²) in [6.07, 6.45) is 1.85. The summed E-state index contributed by atoms with van der Waals surface area (Å²) in [6.45, 7) is 5.44. The first-order valence-corrected chi connectivity index (χ1v) is 8.81. The molecule has 1 aromatic rings. The number of aliphatic hydroxyl groups excluding tert-OH is 1. The molecule has 0 amide bonds. The molecule has 0 spiro atoms. The molecule has 2 N–H and O–H groups in total. The lowest BCUT2D eigenvalue weighted by Crippen LogP contribution is -2.41. The van der Waals surface area contributed by atoms with Gasteiger partial charge in [0.2, 0.25) is 10.0 Å². The van der Waals surface area contributed by atoms with Gasteiger partial charge in [0.15, 0.2) is 0 Å². The number of rotatable bonds is 6. The SMILES string of the molecule is CSC(CO)C(C)NS(=O)(=O)c1cc(C)cc(C)c1. The van der Waals surface area contributed by atoms with Gasteiger partial charge in [-0.25, -0.2) is 13.1 Å². The third-order valence-electron chi connectivity index (χ3n) is 2.89. The molecule has 0 saturated heterocycles. The fraction of sp³-hybridized carbons (Fsp3) is 0.538. The van der Waals surface area contributed by atoms with Gasteiger partial charge in [0.05, 0.1) is 11.5 Å². The summed E-state index contributed by atoms with van der Waals surface area (Å²) < 4.78 is 27.2. The van der Waals surface area contributed by atoms with Gasteiger partial charge in [-0.3, -0.25) is 0 Å². The van der Waals surface area contributed by atoms with Gasteiger partial charge >= 0.3 is 0 Å². The number of aliphatic hydroxyl groups is 1. The second-order valence-electron chi connectivity index (χ2n) is 4.69. The van der Waals surface area contributed by atoms with Crippen LogP contribution in [0.2, 0.25) is 0 Å². The van der Waals surface area contributed by atoms with Crippen LogP contribution in [0.4, 0.5) is 0 Å². The summed E-state index contributed by atoms with van der Waals surface area (Å²) >= 11 is 1.44. The lowest BCUT2D eigenvalue weighted by atomic mass is 10.2. The van der Waals surface area contributed by atoms with Crippen molar-refractivity contribution in [3.05, 3.63) is 29.3 Å². The number of hydrogen-bond acceptors (Lipinski definition) is 4. The number of benzene rings is 1. The fourth-order valence-electron chi connectivity index (χ4n) is 1.91. The van der Waals surface area contributed by atoms with Gasteiger partial charge in [-0.2, -0.15) is 11.8 Å². The van der Waals surface area contributed by atoms with E-state index in [9.17, 15) is 13.5 Å². The van der Waals surface area contributed by atoms with E-state index in [0.29, 0.717) is 0 Å². The minimum absolute atomic E-state index is 0.0578. The van der Waals surface area contributed by atoms with Crippen molar-refractivity contribution in [1.29, 1.82) is 0 Å². The van der Waals surface area contributed by atoms with Gasteiger partial charge < -0.3 is 5.11 Å². The van der Waals surface area contributed by atoms with E-state index in [2.05, 4.69) is 4.72 Å². The van der Waals surface area contributed by atoms with E-state index in [4.69, 9.17) is 0 Å². The number of aryl methyl sites for hydroxylation is 2. The van der Waals surface area contributed by atoms with Crippen LogP contribution in [0.3, 0.4) is 0 Å². The van der Waals surface area contributed by atoms with Crippen LogP contribution in [-0.4, -0.2) is 37.7 Å². The molecule has 0 aliphatic carbocycles. The first-order chi connectivity index (χ1) is 8.80. The molecular formula is C13H21NO3S2. The molecule has 19 heavy (non-hydrogen) atoms. The van der Waals surface area contributed by atoms with Crippen molar-refractivity contribution in [2.45, 2.75) is 37.0 Å². The van der Waals surface area contributed by atoms with E-state index in [1.165, 1.54) is 11.8 Å². The van der Waals surface area contributed by atoms with Crippen molar-refractivity contribution >= 4 is 21.8 Å². The minimum Gasteiger partial charge on any atom is -0.395 e. The lowest BCUT2D eigenvalue weighted by molar-refractivity contribution is 0.282. The first kappa shape index (κ1) is 16.5. The minimum atomic E-state index is -3.54. The summed E-state index contributed by atoms with van der Waals surface area (Å²) in [5.74, 6) is 0. The zero-order chi connectivity index (χ0) is 14.6. The Balaban J connectivity index is 2.98. The Morgan fingerprint density at radius 1 is 1.26 bits per heavy atom. The normalized spacial score (nSPS) is 15.2. The molecule has 1 rings (SSSR count). The molecule has 0 fully saturated rings. The zero-order valence-electron chi connectivity index (χ0n) is 11.7. The monoisotopic (exact) mass is 303 g/mol. The second-order valence-corrected chi connectivity index (χ2v) is 7.48. The van der Waals surface area contributed by atoms with E-state index in [-0.39, 0.29) is 22.8 Å². The number of sulfonamides is 1. The molecule has 4 nitrogen and oxygen atoms in total. The van der Waals surface area contributed by atoms with E-state index in [1.807, 2.05) is 26.2 Å². The van der Waals surface area contributed by atoms with Crippen LogP contribution >= 0.6 is 11.8 Å². The number of nitrogens with one attached hydrogen (secondary N) is 1. The lowest BCUT2D eigenvalue weighted by Gasteiger charge is -2.21. The predicted molar refractivity (Wildman–Crippen MR) is 80.1 cm³/mol. The van der Waals surface area contributed by atoms with E-state index in [0.717, 1.165) is 11.1 Å². The average Bonchev–Trinajstić information content (AvgIpc) is 2.28. The molecule has 2 unspecified atom stereocenters. The summed E-state index contributed by atoms with van der Waals surface area (Å²) in [5, 5.41) is 9.04. The largest absolute Gasteiger partial charge is 0.395 e. The molecule has 0 radical (unpaired) electrons. The maximum Gasteiger partial charge on any atom is 0.240 e. The van der Waals surface area contributed by atoms with Gasteiger partial charge in [-0.05, 0) is 50.3 Å². The summed E-state index contributed by atoms with van der Waals surface area (Å²) in [6, 6.07) is 4.90. The van der Waals surface area contributed by atoms with Crippen molar-refractivity contribution in [3.63, 3.8) is 0 Å². The second kappa shape index (κ2) is 6.74. The van der Waals surface area contributed by atoms with Gasteiger partial charge in [-0.1, -0.05) is 6.07 Å². The molecule has 2 atom stereocenters. The average molecular weight is 303 g/mol. The quantitative estimate of drug-likeness (QED) is 0.839. The molecule has 0 aliphatic rings. The molecule has 0 saturated carbocycles. The van der Waals surface area contributed by atoms with Crippen LogP contribution in [0.1, 0.15) is 18.1 Å². The highest BCUT2D eigenvalue weighted by Gasteiger charge is 2.23. The molecule has 1 aromatic carbocycles. The highest BCUT2D eigenvalue weighted by atomic mass is 32.2. The summed E-state index contributed by atoms with van der Waals surface area (Å²) in [5.41, 5.74) is 1.83.